The van der Waals surface area contributed by atoms with Crippen LogP contribution < -0.4 is 19.8 Å². The molecule has 2 N–H and O–H groups in total. The van der Waals surface area contributed by atoms with E-state index in [1.807, 2.05) is 19.1 Å². The highest BCUT2D eigenvalue weighted by molar-refractivity contribution is 7.89. The smallest absolute Gasteiger partial charge is 0.249 e. The Morgan fingerprint density at radius 2 is 1.72 bits per heavy atom. The lowest BCUT2D eigenvalue weighted by Gasteiger charge is -2.43. The van der Waals surface area contributed by atoms with Gasteiger partial charge in [-0.3, -0.25) is 4.79 Å². The van der Waals surface area contributed by atoms with Crippen LogP contribution in [0.1, 0.15) is 45.4 Å². The van der Waals surface area contributed by atoms with Crippen molar-refractivity contribution in [1.82, 2.24) is 14.6 Å². The van der Waals surface area contributed by atoms with E-state index < -0.39 is 10.0 Å². The second-order valence-corrected chi connectivity index (χ2v) is 12.0. The third-order valence-corrected chi connectivity index (χ3v) is 9.30. The number of nitrogens with one attached hydrogen (secondary N) is 2. The van der Waals surface area contributed by atoms with Gasteiger partial charge in [-0.25, -0.2) is 18.1 Å². The molecule has 2 aromatic rings. The molecule has 1 aromatic heterocycles. The molecule has 2 aliphatic heterocycles. The van der Waals surface area contributed by atoms with Crippen molar-refractivity contribution in [2.45, 2.75) is 68.5 Å². The zero-order valence-corrected chi connectivity index (χ0v) is 22.1. The highest BCUT2D eigenvalue weighted by Gasteiger charge is 2.38. The number of aromatic nitrogens is 1. The number of carbonyl (C=O) groups is 1. The molecule has 2 fully saturated rings. The Morgan fingerprint density at radius 3 is 2.44 bits per heavy atom. The van der Waals surface area contributed by atoms with Gasteiger partial charge < -0.3 is 20.0 Å². The quantitative estimate of drug-likeness (QED) is 0.613. The number of carbonyl (C=O) groups excluding carboxylic acids is 1. The normalized spacial score (nSPS) is 22.2. The number of piperidine rings is 1. The summed E-state index contributed by atoms with van der Waals surface area (Å²) in [6, 6.07) is 8.87. The Labute approximate surface area is 213 Å². The van der Waals surface area contributed by atoms with Crippen LogP contribution in [0.2, 0.25) is 0 Å². The fourth-order valence-electron chi connectivity index (χ4n) is 5.70. The van der Waals surface area contributed by atoms with Crippen molar-refractivity contribution in [2.75, 3.05) is 42.3 Å². The number of sulfonamides is 1. The zero-order valence-electron chi connectivity index (χ0n) is 21.3. The first-order valence-electron chi connectivity index (χ1n) is 12.9. The molecular formula is C26H36N6O3S. The minimum atomic E-state index is -3.63. The van der Waals surface area contributed by atoms with Crippen LogP contribution in [0.15, 0.2) is 41.4 Å². The summed E-state index contributed by atoms with van der Waals surface area (Å²) in [4.78, 5) is 23.8. The number of rotatable bonds is 6. The van der Waals surface area contributed by atoms with Crippen LogP contribution in [-0.2, 0) is 14.8 Å². The number of amides is 1. The van der Waals surface area contributed by atoms with Gasteiger partial charge in [0.1, 0.15) is 11.9 Å². The fourth-order valence-corrected chi connectivity index (χ4v) is 7.05. The number of nitrogens with zero attached hydrogens (tertiary/aromatic N) is 4. The van der Waals surface area contributed by atoms with Gasteiger partial charge in [0, 0.05) is 30.9 Å². The summed E-state index contributed by atoms with van der Waals surface area (Å²) < 4.78 is 29.0. The van der Waals surface area contributed by atoms with Gasteiger partial charge in [-0.05, 0) is 70.9 Å². The molecule has 0 radical (unpaired) electrons. The first-order valence-corrected chi connectivity index (χ1v) is 14.3. The third kappa shape index (κ3) is 4.94. The summed E-state index contributed by atoms with van der Waals surface area (Å²) in [6.45, 7) is 3.74. The van der Waals surface area contributed by atoms with Gasteiger partial charge >= 0.3 is 0 Å². The SMILES string of the molecule is C[C@@H]1C(=O)N(C)c2cnc(Nc3cccc(S(=O)(=O)NC4CCN(C)CC4)c3)cc2N1C1CCCC1. The number of anilines is 4. The molecule has 1 atom stereocenters. The summed E-state index contributed by atoms with van der Waals surface area (Å²) in [5, 5.41) is 3.29. The maximum Gasteiger partial charge on any atom is 0.249 e. The number of pyridine rings is 1. The van der Waals surface area contributed by atoms with Gasteiger partial charge in [-0.1, -0.05) is 18.9 Å². The maximum atomic E-state index is 13.1. The topological polar surface area (TPSA) is 97.9 Å². The molecule has 0 spiro atoms. The molecule has 1 saturated carbocycles. The molecule has 10 heteroatoms. The first kappa shape index (κ1) is 25.0. The second-order valence-electron chi connectivity index (χ2n) is 10.3. The largest absolute Gasteiger partial charge is 0.355 e. The number of benzene rings is 1. The molecule has 1 aromatic carbocycles. The van der Waals surface area contributed by atoms with Crippen molar-refractivity contribution in [3.05, 3.63) is 36.5 Å². The Hall–Kier alpha value is -2.69. The molecule has 1 saturated heterocycles. The molecule has 9 nitrogen and oxygen atoms in total. The van der Waals surface area contributed by atoms with E-state index in [9.17, 15) is 13.2 Å². The van der Waals surface area contributed by atoms with E-state index in [1.165, 1.54) is 12.8 Å². The maximum absolute atomic E-state index is 13.1. The van der Waals surface area contributed by atoms with Gasteiger partial charge in [0.25, 0.3) is 0 Å². The first-order chi connectivity index (χ1) is 17.2. The number of hydrogen-bond acceptors (Lipinski definition) is 7. The Balaban J connectivity index is 1.38. The average Bonchev–Trinajstić information content (AvgIpc) is 3.39. The molecular weight excluding hydrogens is 476 g/mol. The number of hydrogen-bond donors (Lipinski definition) is 2. The van der Waals surface area contributed by atoms with Crippen LogP contribution in [0.5, 0.6) is 0 Å². The minimum Gasteiger partial charge on any atom is -0.355 e. The number of fused-ring (bicyclic) bond motifs is 1. The summed E-state index contributed by atoms with van der Waals surface area (Å²) in [5.41, 5.74) is 2.44. The monoisotopic (exact) mass is 512 g/mol. The molecule has 3 heterocycles. The Kier molecular flexibility index (Phi) is 6.93. The highest BCUT2D eigenvalue weighted by atomic mass is 32.2. The lowest BCUT2D eigenvalue weighted by atomic mass is 10.0. The van der Waals surface area contributed by atoms with Gasteiger partial charge in [-0.15, -0.1) is 0 Å². The number of likely N-dealkylation sites (N-methyl/N-ethyl adjacent to an activating group) is 1. The van der Waals surface area contributed by atoms with Crippen LogP contribution >= 0.6 is 0 Å². The van der Waals surface area contributed by atoms with E-state index in [0.29, 0.717) is 17.5 Å². The molecule has 36 heavy (non-hydrogen) atoms. The second kappa shape index (κ2) is 9.99. The molecule has 5 rings (SSSR count). The molecule has 1 aliphatic carbocycles. The van der Waals surface area contributed by atoms with E-state index in [-0.39, 0.29) is 22.9 Å². The van der Waals surface area contributed by atoms with Crippen molar-refractivity contribution >= 4 is 38.8 Å². The minimum absolute atomic E-state index is 0.0478. The molecule has 0 bridgehead atoms. The molecule has 194 valence electrons. The Morgan fingerprint density at radius 1 is 1.00 bits per heavy atom. The summed E-state index contributed by atoms with van der Waals surface area (Å²) >= 11 is 0. The van der Waals surface area contributed by atoms with Crippen LogP contribution in [0, 0.1) is 0 Å². The lowest BCUT2D eigenvalue weighted by Crippen LogP contribution is -2.54. The van der Waals surface area contributed by atoms with E-state index in [0.717, 1.165) is 50.1 Å². The van der Waals surface area contributed by atoms with Gasteiger partial charge in [0.15, 0.2) is 0 Å². The lowest BCUT2D eigenvalue weighted by molar-refractivity contribution is -0.119. The van der Waals surface area contributed by atoms with Crippen molar-refractivity contribution in [3.8, 4) is 0 Å². The molecule has 3 aliphatic rings. The van der Waals surface area contributed by atoms with Crippen molar-refractivity contribution in [3.63, 3.8) is 0 Å². The van der Waals surface area contributed by atoms with E-state index in [4.69, 9.17) is 0 Å². The predicted octanol–water partition coefficient (Wildman–Crippen LogP) is 3.31. The predicted molar refractivity (Wildman–Crippen MR) is 142 cm³/mol. The van der Waals surface area contributed by atoms with Gasteiger partial charge in [-0.2, -0.15) is 0 Å². The highest BCUT2D eigenvalue weighted by Crippen LogP contribution is 2.41. The standard InChI is InChI=1S/C26H36N6O3S/c1-18-26(33)31(3)24-17-27-25(16-23(24)32(18)21-8-4-5-9-21)28-20-7-6-10-22(15-20)36(34,35)29-19-11-13-30(2)14-12-19/h6-7,10,15-19,21,29H,4-5,8-9,11-14H2,1-3H3,(H,27,28)/t18-/m1/s1. The van der Waals surface area contributed by atoms with Crippen LogP contribution in [0.4, 0.5) is 22.9 Å². The van der Waals surface area contributed by atoms with Crippen molar-refractivity contribution < 1.29 is 13.2 Å². The zero-order chi connectivity index (χ0) is 25.4. The van der Waals surface area contributed by atoms with E-state index in [1.54, 1.807) is 36.3 Å². The molecule has 1 amide bonds. The summed E-state index contributed by atoms with van der Waals surface area (Å²) in [6.07, 6.45) is 7.85. The fraction of sp³-hybridized carbons (Fsp3) is 0.538. The van der Waals surface area contributed by atoms with Crippen LogP contribution in [0.25, 0.3) is 0 Å². The van der Waals surface area contributed by atoms with Crippen LogP contribution in [-0.4, -0.2) is 69.5 Å². The van der Waals surface area contributed by atoms with Gasteiger partial charge in [0.2, 0.25) is 15.9 Å². The Bertz CT molecular complexity index is 1220. The van der Waals surface area contributed by atoms with Crippen molar-refractivity contribution in [2.24, 2.45) is 0 Å². The average molecular weight is 513 g/mol. The van der Waals surface area contributed by atoms with E-state index in [2.05, 4.69) is 31.9 Å². The van der Waals surface area contributed by atoms with Crippen molar-refractivity contribution in [1.29, 1.82) is 0 Å². The molecule has 0 unspecified atom stereocenters. The third-order valence-electron chi connectivity index (χ3n) is 7.78. The van der Waals surface area contributed by atoms with E-state index >= 15 is 0 Å². The van der Waals surface area contributed by atoms with Crippen LogP contribution in [0.3, 0.4) is 0 Å². The van der Waals surface area contributed by atoms with Gasteiger partial charge in [0.05, 0.1) is 22.5 Å². The summed E-state index contributed by atoms with van der Waals surface area (Å²) in [5.74, 6) is 0.691. The summed E-state index contributed by atoms with van der Waals surface area (Å²) in [7, 11) is 0.221. The number of likely N-dealkylation sites (tertiary alicyclic amines) is 1.